The zero-order chi connectivity index (χ0) is 22.8. The second kappa shape index (κ2) is 9.93. The Morgan fingerprint density at radius 3 is 2.44 bits per heavy atom. The number of hydrogen-bond donors (Lipinski definition) is 1. The van der Waals surface area contributed by atoms with E-state index < -0.39 is 0 Å². The molecule has 0 unspecified atom stereocenters. The lowest BCUT2D eigenvalue weighted by atomic mass is 9.95. The first kappa shape index (κ1) is 23.3. The zero-order valence-electron chi connectivity index (χ0n) is 18.2. The molecule has 0 saturated carbocycles. The third kappa shape index (κ3) is 4.45. The first-order chi connectivity index (χ1) is 16.2. The zero-order valence-corrected chi connectivity index (χ0v) is 18.9. The topological polar surface area (TPSA) is 68.6 Å². The smallest absolute Gasteiger partial charge is 0.227 e. The summed E-state index contributed by atoms with van der Waals surface area (Å²) < 4.78 is 10.7. The quantitative estimate of drug-likeness (QED) is 0.357. The predicted molar refractivity (Wildman–Crippen MR) is 138 cm³/mol. The molecule has 5 rings (SSSR count). The van der Waals surface area contributed by atoms with Crippen molar-refractivity contribution in [3.8, 4) is 22.8 Å². The number of ether oxygens (including phenoxy) is 2. The van der Waals surface area contributed by atoms with Gasteiger partial charge in [0.1, 0.15) is 0 Å². The van der Waals surface area contributed by atoms with Gasteiger partial charge in [-0.3, -0.25) is 4.99 Å². The Morgan fingerprint density at radius 1 is 0.882 bits per heavy atom. The van der Waals surface area contributed by atoms with Gasteiger partial charge in [0.25, 0.3) is 0 Å². The highest BCUT2D eigenvalue weighted by molar-refractivity contribution is 6.31. The molecule has 0 atom stereocenters. The lowest BCUT2D eigenvalue weighted by Crippen LogP contribution is -2.05. The van der Waals surface area contributed by atoms with Gasteiger partial charge < -0.3 is 14.8 Å². The van der Waals surface area contributed by atoms with Crippen molar-refractivity contribution >= 4 is 28.9 Å². The number of anilines is 2. The van der Waals surface area contributed by atoms with Crippen molar-refractivity contribution in [3.05, 3.63) is 94.6 Å². The second-order valence-electron chi connectivity index (χ2n) is 7.48. The predicted octanol–water partition coefficient (Wildman–Crippen LogP) is 6.54. The molecule has 6 nitrogen and oxygen atoms in total. The fraction of sp³-hybridized carbons (Fsp3) is 0.148. The van der Waals surface area contributed by atoms with Gasteiger partial charge in [0.05, 0.1) is 32.2 Å². The van der Waals surface area contributed by atoms with Crippen molar-refractivity contribution in [2.24, 2.45) is 4.99 Å². The van der Waals surface area contributed by atoms with Crippen molar-refractivity contribution < 1.29 is 9.47 Å². The highest BCUT2D eigenvalue weighted by Gasteiger charge is 2.21. The fourth-order valence-electron chi connectivity index (χ4n) is 3.87. The summed E-state index contributed by atoms with van der Waals surface area (Å²) in [5.74, 6) is 1.76. The molecule has 7 heteroatoms. The number of aromatic nitrogens is 2. The Labute approximate surface area is 204 Å². The van der Waals surface area contributed by atoms with E-state index >= 15 is 0 Å². The van der Waals surface area contributed by atoms with Crippen molar-refractivity contribution in [2.45, 2.75) is 14.0 Å². The lowest BCUT2D eigenvalue weighted by molar-refractivity contribution is 0.355. The van der Waals surface area contributed by atoms with Gasteiger partial charge in [-0.15, -0.1) is 0 Å². The third-order valence-corrected chi connectivity index (χ3v) is 5.69. The molecule has 0 bridgehead atoms. The van der Waals surface area contributed by atoms with E-state index in [4.69, 9.17) is 31.1 Å². The maximum Gasteiger partial charge on any atom is 0.227 e. The van der Waals surface area contributed by atoms with E-state index in [9.17, 15) is 0 Å². The van der Waals surface area contributed by atoms with Crippen LogP contribution in [-0.4, -0.2) is 29.9 Å². The van der Waals surface area contributed by atoms with Crippen LogP contribution < -0.4 is 14.8 Å². The molecule has 1 aromatic heterocycles. The van der Waals surface area contributed by atoms with Crippen LogP contribution in [0.5, 0.6) is 11.5 Å². The summed E-state index contributed by atoms with van der Waals surface area (Å²) in [5.41, 5.74) is 6.40. The second-order valence-corrected chi connectivity index (χ2v) is 7.92. The van der Waals surface area contributed by atoms with Crippen LogP contribution in [0, 0.1) is 0 Å². The summed E-state index contributed by atoms with van der Waals surface area (Å²) >= 11 is 6.38. The number of halogens is 1. The van der Waals surface area contributed by atoms with Crippen LogP contribution in [0.1, 0.15) is 24.1 Å². The molecule has 3 aromatic carbocycles. The molecule has 4 aromatic rings. The standard InChI is InChI=1S/C26H21ClN4O2.CH4/c1-32-22-11-9-19(13-23(22)33-2)30-26-29-15-17-14-28-24(16-6-4-3-5-7-16)21-12-18(27)8-10-20(21)25(17)31-26;/h3-13,15H,14H2,1-2H3,(H,29,30,31);1H4. The normalized spacial score (nSPS) is 11.8. The molecule has 0 amide bonds. The van der Waals surface area contributed by atoms with E-state index in [1.165, 1.54) is 0 Å². The largest absolute Gasteiger partial charge is 0.493 e. The monoisotopic (exact) mass is 472 g/mol. The van der Waals surface area contributed by atoms with Crippen molar-refractivity contribution in [3.63, 3.8) is 0 Å². The Bertz CT molecular complexity index is 1360. The highest BCUT2D eigenvalue weighted by Crippen LogP contribution is 2.35. The summed E-state index contributed by atoms with van der Waals surface area (Å²) in [6.07, 6.45) is 1.82. The number of methoxy groups -OCH3 is 2. The third-order valence-electron chi connectivity index (χ3n) is 5.45. The van der Waals surface area contributed by atoms with Gasteiger partial charge in [-0.05, 0) is 24.3 Å². The minimum absolute atomic E-state index is 0. The number of aliphatic imine (C=N–C) groups is 1. The van der Waals surface area contributed by atoms with Crippen LogP contribution in [0.25, 0.3) is 11.3 Å². The first-order valence-corrected chi connectivity index (χ1v) is 10.8. The van der Waals surface area contributed by atoms with Gasteiger partial charge in [0.15, 0.2) is 11.5 Å². The van der Waals surface area contributed by atoms with E-state index in [1.54, 1.807) is 14.2 Å². The van der Waals surface area contributed by atoms with Gasteiger partial charge in [-0.2, -0.15) is 0 Å². The molecule has 172 valence electrons. The minimum atomic E-state index is 0. The minimum Gasteiger partial charge on any atom is -0.493 e. The number of nitrogens with zero attached hydrogens (tertiary/aromatic N) is 3. The van der Waals surface area contributed by atoms with Crippen LogP contribution >= 0.6 is 11.6 Å². The van der Waals surface area contributed by atoms with E-state index in [0.29, 0.717) is 29.0 Å². The maximum atomic E-state index is 6.38. The van der Waals surface area contributed by atoms with Gasteiger partial charge in [-0.25, -0.2) is 9.97 Å². The SMILES string of the molecule is C.COc1ccc(Nc2ncc3c(n2)-c2ccc(Cl)cc2C(c2ccccc2)=NC3)cc1OC. The van der Waals surface area contributed by atoms with Crippen LogP contribution in [0.4, 0.5) is 11.6 Å². The van der Waals surface area contributed by atoms with Crippen LogP contribution in [0.3, 0.4) is 0 Å². The summed E-state index contributed by atoms with van der Waals surface area (Å²) in [4.78, 5) is 14.3. The summed E-state index contributed by atoms with van der Waals surface area (Å²) in [6.45, 7) is 0.475. The molecule has 0 spiro atoms. The number of nitrogens with one attached hydrogen (secondary N) is 1. The van der Waals surface area contributed by atoms with Crippen LogP contribution in [-0.2, 0) is 6.54 Å². The fourth-order valence-corrected chi connectivity index (χ4v) is 4.04. The molecule has 0 radical (unpaired) electrons. The van der Waals surface area contributed by atoms with E-state index in [1.807, 2.05) is 60.8 Å². The number of rotatable bonds is 5. The Morgan fingerprint density at radius 2 is 1.68 bits per heavy atom. The Balaban J connectivity index is 0.00000274. The van der Waals surface area contributed by atoms with Crippen molar-refractivity contribution in [2.75, 3.05) is 19.5 Å². The highest BCUT2D eigenvalue weighted by atomic mass is 35.5. The molecule has 0 aliphatic carbocycles. The molecule has 1 N–H and O–H groups in total. The van der Waals surface area contributed by atoms with E-state index in [2.05, 4.69) is 22.4 Å². The van der Waals surface area contributed by atoms with Gasteiger partial charge in [-0.1, -0.05) is 55.4 Å². The Hall–Kier alpha value is -3.90. The summed E-state index contributed by atoms with van der Waals surface area (Å²) in [5, 5.41) is 3.92. The van der Waals surface area contributed by atoms with Gasteiger partial charge in [0.2, 0.25) is 5.95 Å². The van der Waals surface area contributed by atoms with E-state index in [0.717, 1.165) is 39.3 Å². The number of hydrogen-bond acceptors (Lipinski definition) is 6. The molecule has 34 heavy (non-hydrogen) atoms. The molecular weight excluding hydrogens is 448 g/mol. The molecule has 2 heterocycles. The molecule has 0 fully saturated rings. The van der Waals surface area contributed by atoms with E-state index in [-0.39, 0.29) is 7.43 Å². The number of fused-ring (bicyclic) bond motifs is 3. The summed E-state index contributed by atoms with van der Waals surface area (Å²) in [6, 6.07) is 21.5. The molecule has 1 aliphatic rings. The number of benzene rings is 3. The van der Waals surface area contributed by atoms with Crippen LogP contribution in [0.2, 0.25) is 5.02 Å². The van der Waals surface area contributed by atoms with Crippen LogP contribution in [0.15, 0.2) is 77.9 Å². The molecule has 1 aliphatic heterocycles. The average Bonchev–Trinajstić information content (AvgIpc) is 3.00. The lowest BCUT2D eigenvalue weighted by Gasteiger charge is -2.13. The molecular formula is C27H25ClN4O2. The maximum absolute atomic E-state index is 6.38. The average molecular weight is 473 g/mol. The Kier molecular flexibility index (Phi) is 6.80. The van der Waals surface area contributed by atoms with Gasteiger partial charge in [0, 0.05) is 45.2 Å². The van der Waals surface area contributed by atoms with Crippen molar-refractivity contribution in [1.29, 1.82) is 0 Å². The molecule has 0 saturated heterocycles. The van der Waals surface area contributed by atoms with Gasteiger partial charge >= 0.3 is 0 Å². The van der Waals surface area contributed by atoms with Crippen molar-refractivity contribution in [1.82, 2.24) is 9.97 Å². The first-order valence-electron chi connectivity index (χ1n) is 10.4. The summed E-state index contributed by atoms with van der Waals surface area (Å²) in [7, 11) is 3.21.